The molecule has 2 heterocycles. The first-order chi connectivity index (χ1) is 11.7. The Bertz CT molecular complexity index is 780. The number of hydrogen-bond acceptors (Lipinski definition) is 4. The van der Waals surface area contributed by atoms with Gasteiger partial charge >= 0.3 is 0 Å². The van der Waals surface area contributed by atoms with Gasteiger partial charge in [-0.1, -0.05) is 48.0 Å². The molecule has 1 aromatic heterocycles. The molecule has 1 aromatic carbocycles. The molecule has 0 aliphatic carbocycles. The second-order valence-corrected chi connectivity index (χ2v) is 6.19. The Balaban J connectivity index is 1.89. The van der Waals surface area contributed by atoms with E-state index >= 15 is 0 Å². The van der Waals surface area contributed by atoms with E-state index in [4.69, 9.17) is 11.6 Å². The zero-order valence-electron chi connectivity index (χ0n) is 13.4. The summed E-state index contributed by atoms with van der Waals surface area (Å²) in [6, 6.07) is 12.5. The molecule has 1 N–H and O–H groups in total. The quantitative estimate of drug-likeness (QED) is 0.843. The molecule has 122 valence electrons. The second kappa shape index (κ2) is 7.48. The van der Waals surface area contributed by atoms with Gasteiger partial charge in [-0.05, 0) is 17.5 Å². The Morgan fingerprint density at radius 1 is 1.33 bits per heavy atom. The van der Waals surface area contributed by atoms with E-state index in [1.807, 2.05) is 6.07 Å². The van der Waals surface area contributed by atoms with Crippen molar-refractivity contribution in [1.82, 2.24) is 9.88 Å². The first kappa shape index (κ1) is 16.5. The monoisotopic (exact) mass is 338 g/mol. The van der Waals surface area contributed by atoms with Crippen molar-refractivity contribution in [2.24, 2.45) is 0 Å². The standard InChI is InChI=1S/C19H19ClN4/c1-2-9-22-19-15-8-10-24(12-14-6-4-3-5-7-14)13-16(15)18(20)17(11-21)23-19/h2-7H,1,8-10,12-13H2,(H,22,23). The number of aromatic nitrogens is 1. The van der Waals surface area contributed by atoms with Crippen LogP contribution in [0, 0.1) is 11.3 Å². The highest BCUT2D eigenvalue weighted by Gasteiger charge is 2.24. The van der Waals surface area contributed by atoms with Crippen LogP contribution in [0.2, 0.25) is 5.02 Å². The van der Waals surface area contributed by atoms with E-state index in [-0.39, 0.29) is 5.69 Å². The molecule has 0 radical (unpaired) electrons. The third-order valence-electron chi connectivity index (χ3n) is 4.18. The maximum absolute atomic E-state index is 9.31. The lowest BCUT2D eigenvalue weighted by atomic mass is 9.99. The highest BCUT2D eigenvalue weighted by atomic mass is 35.5. The zero-order chi connectivity index (χ0) is 16.9. The molecule has 0 bridgehead atoms. The van der Waals surface area contributed by atoms with Crippen LogP contribution in [-0.2, 0) is 19.5 Å². The molecule has 0 fully saturated rings. The fraction of sp³-hybridized carbons (Fsp3) is 0.263. The van der Waals surface area contributed by atoms with Gasteiger partial charge in [0.05, 0.1) is 5.02 Å². The minimum absolute atomic E-state index is 0.281. The summed E-state index contributed by atoms with van der Waals surface area (Å²) in [6.07, 6.45) is 2.64. The van der Waals surface area contributed by atoms with Crippen molar-refractivity contribution in [3.8, 4) is 6.07 Å². The zero-order valence-corrected chi connectivity index (χ0v) is 14.2. The van der Waals surface area contributed by atoms with Crippen LogP contribution in [-0.4, -0.2) is 23.0 Å². The van der Waals surface area contributed by atoms with E-state index in [2.05, 4.69) is 52.1 Å². The molecule has 3 rings (SSSR count). The lowest BCUT2D eigenvalue weighted by Crippen LogP contribution is -2.31. The smallest absolute Gasteiger partial charge is 0.161 e. The Hall–Kier alpha value is -2.35. The Morgan fingerprint density at radius 3 is 2.83 bits per heavy atom. The summed E-state index contributed by atoms with van der Waals surface area (Å²) in [6.45, 7) is 6.86. The topological polar surface area (TPSA) is 52.0 Å². The van der Waals surface area contributed by atoms with Crippen LogP contribution in [0.25, 0.3) is 0 Å². The molecular formula is C19H19ClN4. The molecule has 0 saturated carbocycles. The van der Waals surface area contributed by atoms with E-state index in [0.29, 0.717) is 11.6 Å². The number of anilines is 1. The number of nitrogens with zero attached hydrogens (tertiary/aromatic N) is 3. The predicted molar refractivity (Wildman–Crippen MR) is 96.9 cm³/mol. The molecule has 1 aliphatic heterocycles. The first-order valence-electron chi connectivity index (χ1n) is 7.95. The van der Waals surface area contributed by atoms with Gasteiger partial charge in [0.1, 0.15) is 11.9 Å². The van der Waals surface area contributed by atoms with Crippen LogP contribution in [0.3, 0.4) is 0 Å². The molecule has 5 heteroatoms. The third kappa shape index (κ3) is 3.43. The minimum atomic E-state index is 0.281. The van der Waals surface area contributed by atoms with Gasteiger partial charge in [0, 0.05) is 31.7 Å². The van der Waals surface area contributed by atoms with Gasteiger partial charge in [-0.15, -0.1) is 6.58 Å². The molecule has 1 aliphatic rings. The van der Waals surface area contributed by atoms with Crippen LogP contribution < -0.4 is 5.32 Å². The summed E-state index contributed by atoms with van der Waals surface area (Å²) in [5, 5.41) is 13.0. The van der Waals surface area contributed by atoms with Crippen LogP contribution in [0.4, 0.5) is 5.82 Å². The van der Waals surface area contributed by atoms with Crippen LogP contribution in [0.5, 0.6) is 0 Å². The number of hydrogen-bond donors (Lipinski definition) is 1. The molecule has 0 atom stereocenters. The van der Waals surface area contributed by atoms with Crippen molar-refractivity contribution in [3.63, 3.8) is 0 Å². The van der Waals surface area contributed by atoms with E-state index in [1.165, 1.54) is 5.56 Å². The highest BCUT2D eigenvalue weighted by molar-refractivity contribution is 6.32. The number of rotatable bonds is 5. The predicted octanol–water partition coefficient (Wildman–Crippen LogP) is 3.76. The second-order valence-electron chi connectivity index (χ2n) is 5.81. The molecule has 2 aromatic rings. The van der Waals surface area contributed by atoms with Gasteiger partial charge in [-0.3, -0.25) is 4.90 Å². The SMILES string of the molecule is C=CCNc1nc(C#N)c(Cl)c2c1CCN(Cc1ccccc1)C2. The normalized spacial score (nSPS) is 13.8. The molecule has 0 saturated heterocycles. The van der Waals surface area contributed by atoms with Gasteiger partial charge in [0.15, 0.2) is 5.69 Å². The number of pyridine rings is 1. The summed E-state index contributed by atoms with van der Waals surface area (Å²) in [4.78, 5) is 6.73. The molecule has 0 spiro atoms. The Kier molecular flexibility index (Phi) is 5.14. The van der Waals surface area contributed by atoms with Gasteiger partial charge in [-0.25, -0.2) is 4.98 Å². The fourth-order valence-electron chi connectivity index (χ4n) is 3.02. The Morgan fingerprint density at radius 2 is 2.12 bits per heavy atom. The van der Waals surface area contributed by atoms with Crippen molar-refractivity contribution >= 4 is 17.4 Å². The number of nitriles is 1. The van der Waals surface area contributed by atoms with Gasteiger partial charge in [0.2, 0.25) is 0 Å². The van der Waals surface area contributed by atoms with E-state index in [9.17, 15) is 5.26 Å². The molecular weight excluding hydrogens is 320 g/mol. The molecule has 0 amide bonds. The maximum Gasteiger partial charge on any atom is 0.161 e. The van der Waals surface area contributed by atoms with Crippen LogP contribution in [0.15, 0.2) is 43.0 Å². The van der Waals surface area contributed by atoms with Crippen molar-refractivity contribution in [2.45, 2.75) is 19.5 Å². The van der Waals surface area contributed by atoms with Crippen LogP contribution >= 0.6 is 11.6 Å². The van der Waals surface area contributed by atoms with Crippen LogP contribution in [0.1, 0.15) is 22.4 Å². The van der Waals surface area contributed by atoms with Crippen molar-refractivity contribution < 1.29 is 0 Å². The summed E-state index contributed by atoms with van der Waals surface area (Å²) >= 11 is 6.44. The number of halogens is 1. The minimum Gasteiger partial charge on any atom is -0.366 e. The summed E-state index contributed by atoms with van der Waals surface area (Å²) in [7, 11) is 0. The molecule has 24 heavy (non-hydrogen) atoms. The lowest BCUT2D eigenvalue weighted by molar-refractivity contribution is 0.245. The molecule has 4 nitrogen and oxygen atoms in total. The summed E-state index contributed by atoms with van der Waals surface area (Å²) in [5.74, 6) is 0.755. The number of fused-ring (bicyclic) bond motifs is 1. The average molecular weight is 339 g/mol. The Labute approximate surface area is 147 Å². The summed E-state index contributed by atoms with van der Waals surface area (Å²) in [5.41, 5.74) is 3.68. The van der Waals surface area contributed by atoms with E-state index in [0.717, 1.165) is 43.0 Å². The van der Waals surface area contributed by atoms with Gasteiger partial charge in [-0.2, -0.15) is 5.26 Å². The lowest BCUT2D eigenvalue weighted by Gasteiger charge is -2.30. The summed E-state index contributed by atoms with van der Waals surface area (Å²) < 4.78 is 0. The van der Waals surface area contributed by atoms with E-state index < -0.39 is 0 Å². The highest BCUT2D eigenvalue weighted by Crippen LogP contribution is 2.33. The fourth-order valence-corrected chi connectivity index (χ4v) is 3.28. The largest absolute Gasteiger partial charge is 0.366 e. The first-order valence-corrected chi connectivity index (χ1v) is 8.33. The van der Waals surface area contributed by atoms with E-state index in [1.54, 1.807) is 6.08 Å². The average Bonchev–Trinajstić information content (AvgIpc) is 2.62. The molecule has 0 unspecified atom stereocenters. The maximum atomic E-state index is 9.31. The van der Waals surface area contributed by atoms with Gasteiger partial charge < -0.3 is 5.32 Å². The van der Waals surface area contributed by atoms with Gasteiger partial charge in [0.25, 0.3) is 0 Å². The number of benzene rings is 1. The van der Waals surface area contributed by atoms with Crippen molar-refractivity contribution in [3.05, 3.63) is 70.4 Å². The number of nitrogens with one attached hydrogen (secondary N) is 1. The van der Waals surface area contributed by atoms with Crippen molar-refractivity contribution in [2.75, 3.05) is 18.4 Å². The van der Waals surface area contributed by atoms with Crippen molar-refractivity contribution in [1.29, 1.82) is 5.26 Å². The third-order valence-corrected chi connectivity index (χ3v) is 4.58.